The molecule has 0 radical (unpaired) electrons. The third-order valence-corrected chi connectivity index (χ3v) is 6.76. The van der Waals surface area contributed by atoms with Crippen LogP contribution in [0.3, 0.4) is 0 Å². The Morgan fingerprint density at radius 2 is 2.00 bits per heavy atom. The topological polar surface area (TPSA) is 24.3 Å². The summed E-state index contributed by atoms with van der Waals surface area (Å²) in [4.78, 5) is 9.52. The molecular weight excluding hydrogens is 351 g/mol. The van der Waals surface area contributed by atoms with Crippen LogP contribution in [0, 0.1) is 5.82 Å². The zero-order chi connectivity index (χ0) is 19.4. The van der Waals surface area contributed by atoms with Crippen molar-refractivity contribution in [2.45, 2.75) is 30.8 Å². The van der Waals surface area contributed by atoms with E-state index in [1.54, 1.807) is 6.07 Å². The van der Waals surface area contributed by atoms with Crippen LogP contribution < -0.4 is 0 Å². The highest BCUT2D eigenvalue weighted by atomic mass is 19.1. The van der Waals surface area contributed by atoms with Crippen LogP contribution in [-0.2, 0) is 13.5 Å². The Labute approximate surface area is 165 Å². The number of aryl methyl sites for hydroxylation is 2. The second-order valence-electron chi connectivity index (χ2n) is 8.52. The van der Waals surface area contributed by atoms with Crippen molar-refractivity contribution in [3.05, 3.63) is 65.2 Å². The Morgan fingerprint density at radius 1 is 1.14 bits per heavy atom. The highest BCUT2D eigenvalue weighted by Crippen LogP contribution is 2.43. The van der Waals surface area contributed by atoms with Crippen LogP contribution in [-0.4, -0.2) is 52.6 Å². The number of nitrogens with zero attached hydrogens (tertiary/aromatic N) is 4. The van der Waals surface area contributed by atoms with Crippen LogP contribution in [0.5, 0.6) is 0 Å². The van der Waals surface area contributed by atoms with E-state index in [2.05, 4.69) is 53.8 Å². The Bertz CT molecular complexity index is 1020. The summed E-state index contributed by atoms with van der Waals surface area (Å²) in [6.45, 7) is 1.90. The van der Waals surface area contributed by atoms with Gasteiger partial charge in [0, 0.05) is 61.7 Å². The third kappa shape index (κ3) is 2.68. The van der Waals surface area contributed by atoms with Crippen molar-refractivity contribution in [3.63, 3.8) is 0 Å². The quantitative estimate of drug-likeness (QED) is 0.694. The molecule has 1 saturated heterocycles. The number of likely N-dealkylation sites (N-methyl/N-ethyl adjacent to an activating group) is 1. The lowest BCUT2D eigenvalue weighted by Crippen LogP contribution is -2.35. The molecule has 146 valence electrons. The van der Waals surface area contributed by atoms with Crippen LogP contribution >= 0.6 is 0 Å². The molecule has 0 bridgehead atoms. The van der Waals surface area contributed by atoms with E-state index in [-0.39, 0.29) is 11.9 Å². The van der Waals surface area contributed by atoms with Gasteiger partial charge in [0.15, 0.2) is 0 Å². The molecule has 0 saturated carbocycles. The maximum absolute atomic E-state index is 14.6. The van der Waals surface area contributed by atoms with Gasteiger partial charge >= 0.3 is 0 Å². The van der Waals surface area contributed by atoms with E-state index in [1.807, 2.05) is 18.3 Å². The van der Waals surface area contributed by atoms with Crippen LogP contribution in [0.1, 0.15) is 35.1 Å². The summed E-state index contributed by atoms with van der Waals surface area (Å²) in [6, 6.07) is 10.2. The number of rotatable bonds is 3. The zero-order valence-corrected chi connectivity index (χ0v) is 16.8. The fraction of sp³-hybridized carbons (Fsp3) is 0.435. The molecule has 1 aliphatic carbocycles. The van der Waals surface area contributed by atoms with E-state index >= 15 is 0 Å². The number of fused-ring (bicyclic) bond motifs is 2. The minimum Gasteiger partial charge on any atom is -0.349 e. The highest BCUT2D eigenvalue weighted by Gasteiger charge is 2.42. The number of hydrogen-bond donors (Lipinski definition) is 0. The third-order valence-electron chi connectivity index (χ3n) is 6.76. The normalized spacial score (nSPS) is 25.1. The standard InChI is InChI=1S/C23H27FN4/c1-26(2)21-14-28(19-10-9-15-6-4-7-18(24)22(15)19)13-16(21)17-12-27(3)20-8-5-11-25-23(17)20/h4-8,11-12,16,19,21H,9-10,13-14H2,1-3H3/t16-,19+,21+/m1/s1. The lowest BCUT2D eigenvalue weighted by Gasteiger charge is -2.26. The molecule has 2 aromatic heterocycles. The summed E-state index contributed by atoms with van der Waals surface area (Å²) >= 11 is 0. The lowest BCUT2D eigenvalue weighted by molar-refractivity contribution is 0.213. The molecule has 2 aliphatic rings. The maximum atomic E-state index is 14.6. The molecular formula is C23H27FN4. The second-order valence-corrected chi connectivity index (χ2v) is 8.52. The molecule has 4 nitrogen and oxygen atoms in total. The van der Waals surface area contributed by atoms with Gasteiger partial charge in [-0.05, 0) is 50.7 Å². The van der Waals surface area contributed by atoms with Crippen molar-refractivity contribution in [3.8, 4) is 0 Å². The van der Waals surface area contributed by atoms with Crippen molar-refractivity contribution in [2.24, 2.45) is 7.05 Å². The highest BCUT2D eigenvalue weighted by molar-refractivity contribution is 5.80. The summed E-state index contributed by atoms with van der Waals surface area (Å²) in [7, 11) is 6.40. The van der Waals surface area contributed by atoms with Crippen molar-refractivity contribution in [1.82, 2.24) is 19.4 Å². The predicted molar refractivity (Wildman–Crippen MR) is 110 cm³/mol. The van der Waals surface area contributed by atoms with E-state index < -0.39 is 0 Å². The van der Waals surface area contributed by atoms with Crippen molar-refractivity contribution in [1.29, 1.82) is 0 Å². The Hall–Kier alpha value is -2.24. The Morgan fingerprint density at radius 3 is 2.82 bits per heavy atom. The van der Waals surface area contributed by atoms with Crippen molar-refractivity contribution >= 4 is 11.0 Å². The molecule has 5 rings (SSSR count). The fourth-order valence-corrected chi connectivity index (χ4v) is 5.39. The van der Waals surface area contributed by atoms with Crippen LogP contribution in [0.4, 0.5) is 4.39 Å². The lowest BCUT2D eigenvalue weighted by atomic mass is 9.95. The van der Waals surface area contributed by atoms with E-state index in [1.165, 1.54) is 16.6 Å². The number of pyridine rings is 1. The molecule has 1 fully saturated rings. The minimum atomic E-state index is -0.0447. The molecule has 3 atom stereocenters. The van der Waals surface area contributed by atoms with Gasteiger partial charge in [-0.25, -0.2) is 4.39 Å². The number of halogens is 1. The summed E-state index contributed by atoms with van der Waals surface area (Å²) in [5.41, 5.74) is 5.69. The smallest absolute Gasteiger partial charge is 0.128 e. The maximum Gasteiger partial charge on any atom is 0.128 e. The van der Waals surface area contributed by atoms with Gasteiger partial charge in [0.2, 0.25) is 0 Å². The van der Waals surface area contributed by atoms with E-state index in [0.717, 1.165) is 37.0 Å². The van der Waals surface area contributed by atoms with E-state index in [0.29, 0.717) is 12.0 Å². The molecule has 5 heteroatoms. The van der Waals surface area contributed by atoms with Gasteiger partial charge in [-0.3, -0.25) is 9.88 Å². The van der Waals surface area contributed by atoms with E-state index in [9.17, 15) is 4.39 Å². The van der Waals surface area contributed by atoms with Gasteiger partial charge in [-0.15, -0.1) is 0 Å². The first-order valence-corrected chi connectivity index (χ1v) is 10.1. The number of benzene rings is 1. The average Bonchev–Trinajstić information content (AvgIpc) is 3.37. The first kappa shape index (κ1) is 17.8. The molecule has 1 aliphatic heterocycles. The van der Waals surface area contributed by atoms with Gasteiger partial charge < -0.3 is 9.47 Å². The van der Waals surface area contributed by atoms with Gasteiger partial charge in [-0.2, -0.15) is 0 Å². The van der Waals surface area contributed by atoms with Crippen LogP contribution in [0.15, 0.2) is 42.7 Å². The van der Waals surface area contributed by atoms with Crippen LogP contribution in [0.25, 0.3) is 11.0 Å². The van der Waals surface area contributed by atoms with Gasteiger partial charge in [-0.1, -0.05) is 12.1 Å². The second kappa shape index (κ2) is 6.68. The predicted octanol–water partition coefficient (Wildman–Crippen LogP) is 3.73. The first-order valence-electron chi connectivity index (χ1n) is 10.1. The molecule has 0 N–H and O–H groups in total. The monoisotopic (exact) mass is 378 g/mol. The molecule has 0 spiro atoms. The number of aromatic nitrogens is 2. The minimum absolute atomic E-state index is 0.0447. The largest absolute Gasteiger partial charge is 0.349 e. The molecule has 28 heavy (non-hydrogen) atoms. The Kier molecular flexibility index (Phi) is 4.25. The summed E-state index contributed by atoms with van der Waals surface area (Å²) < 4.78 is 16.8. The SMILES string of the molecule is CN(C)[C@H]1CN([C@H]2CCc3cccc(F)c32)C[C@@H]1c1cn(C)c2cccnc12. The van der Waals surface area contributed by atoms with Gasteiger partial charge in [0.25, 0.3) is 0 Å². The summed E-state index contributed by atoms with van der Waals surface area (Å²) in [6.07, 6.45) is 6.11. The van der Waals surface area contributed by atoms with Crippen molar-refractivity contribution in [2.75, 3.05) is 27.2 Å². The van der Waals surface area contributed by atoms with Crippen LogP contribution in [0.2, 0.25) is 0 Å². The molecule has 1 aromatic carbocycles. The average molecular weight is 378 g/mol. The van der Waals surface area contributed by atoms with Gasteiger partial charge in [0.1, 0.15) is 5.82 Å². The summed E-state index contributed by atoms with van der Waals surface area (Å²) in [5.74, 6) is 0.320. The Balaban J connectivity index is 1.52. The molecule has 3 heterocycles. The van der Waals surface area contributed by atoms with Gasteiger partial charge in [0.05, 0.1) is 11.0 Å². The first-order chi connectivity index (χ1) is 13.5. The fourth-order valence-electron chi connectivity index (χ4n) is 5.39. The molecule has 3 aromatic rings. The number of likely N-dealkylation sites (tertiary alicyclic amines) is 1. The molecule has 0 amide bonds. The van der Waals surface area contributed by atoms with Crippen molar-refractivity contribution < 1.29 is 4.39 Å². The zero-order valence-electron chi connectivity index (χ0n) is 16.8. The summed E-state index contributed by atoms with van der Waals surface area (Å²) in [5, 5.41) is 0. The molecule has 0 unspecified atom stereocenters. The van der Waals surface area contributed by atoms with E-state index in [4.69, 9.17) is 4.98 Å². The number of hydrogen-bond acceptors (Lipinski definition) is 3.